The van der Waals surface area contributed by atoms with Crippen molar-refractivity contribution in [3.8, 4) is 11.5 Å². The lowest BCUT2D eigenvalue weighted by molar-refractivity contribution is 0.102. The number of benzene rings is 3. The summed E-state index contributed by atoms with van der Waals surface area (Å²) >= 11 is 1.71. The van der Waals surface area contributed by atoms with Crippen LogP contribution in [0.1, 0.15) is 17.3 Å². The first kappa shape index (κ1) is 17.4. The van der Waals surface area contributed by atoms with Gasteiger partial charge in [-0.25, -0.2) is 4.98 Å². The molecule has 0 atom stereocenters. The lowest BCUT2D eigenvalue weighted by Gasteiger charge is -2.07. The van der Waals surface area contributed by atoms with Crippen LogP contribution in [0.5, 0.6) is 0 Å². The third-order valence-electron chi connectivity index (χ3n) is 4.07. The largest absolute Gasteiger partial charge is 0.436 e. The minimum Gasteiger partial charge on any atom is -0.436 e. The van der Waals surface area contributed by atoms with E-state index in [4.69, 9.17) is 4.42 Å². The van der Waals surface area contributed by atoms with Gasteiger partial charge in [0.2, 0.25) is 5.89 Å². The molecule has 134 valence electrons. The number of para-hydroxylation sites is 2. The van der Waals surface area contributed by atoms with Crippen LogP contribution in [-0.2, 0) is 0 Å². The van der Waals surface area contributed by atoms with Crippen molar-refractivity contribution in [2.45, 2.75) is 11.8 Å². The Morgan fingerprint density at radius 2 is 1.89 bits per heavy atom. The quantitative estimate of drug-likeness (QED) is 0.445. The fourth-order valence-electron chi connectivity index (χ4n) is 2.82. The van der Waals surface area contributed by atoms with Crippen molar-refractivity contribution < 1.29 is 9.21 Å². The van der Waals surface area contributed by atoms with Crippen molar-refractivity contribution in [2.75, 3.05) is 11.1 Å². The summed E-state index contributed by atoms with van der Waals surface area (Å²) in [4.78, 5) is 18.2. The number of carbonyl (C=O) groups excluding carboxylic acids is 1. The Kier molecular flexibility index (Phi) is 4.94. The van der Waals surface area contributed by atoms with Gasteiger partial charge in [-0.1, -0.05) is 31.2 Å². The van der Waals surface area contributed by atoms with Gasteiger partial charge in [-0.3, -0.25) is 4.79 Å². The summed E-state index contributed by atoms with van der Waals surface area (Å²) in [6, 6.07) is 22.8. The van der Waals surface area contributed by atoms with Gasteiger partial charge in [0.15, 0.2) is 5.58 Å². The first-order chi connectivity index (χ1) is 13.2. The standard InChI is InChI=1S/C22H18N2O2S/c1-2-27-18-10-6-7-15(14-18)21(25)23-17-9-5-8-16(13-17)22-24-19-11-3-4-12-20(19)26-22/h3-14H,2H2,1H3,(H,23,25). The molecule has 27 heavy (non-hydrogen) atoms. The number of fused-ring (bicyclic) bond motifs is 1. The monoisotopic (exact) mass is 374 g/mol. The smallest absolute Gasteiger partial charge is 0.255 e. The summed E-state index contributed by atoms with van der Waals surface area (Å²) in [7, 11) is 0. The fraction of sp³-hybridized carbons (Fsp3) is 0.0909. The molecule has 0 saturated heterocycles. The third kappa shape index (κ3) is 3.88. The predicted molar refractivity (Wildman–Crippen MR) is 110 cm³/mol. The first-order valence-corrected chi connectivity index (χ1v) is 9.72. The van der Waals surface area contributed by atoms with E-state index < -0.39 is 0 Å². The molecule has 0 aliphatic carbocycles. The van der Waals surface area contributed by atoms with E-state index in [9.17, 15) is 4.79 Å². The highest BCUT2D eigenvalue weighted by Gasteiger charge is 2.11. The SMILES string of the molecule is CCSc1cccc(C(=O)Nc2cccc(-c3nc4ccccc4o3)c2)c1. The van der Waals surface area contributed by atoms with E-state index in [1.807, 2.05) is 72.8 Å². The van der Waals surface area contributed by atoms with Gasteiger partial charge < -0.3 is 9.73 Å². The third-order valence-corrected chi connectivity index (χ3v) is 4.94. The van der Waals surface area contributed by atoms with Gasteiger partial charge in [0.05, 0.1) is 0 Å². The fourth-order valence-corrected chi connectivity index (χ4v) is 3.54. The maximum atomic E-state index is 12.6. The second-order valence-electron chi connectivity index (χ2n) is 5.98. The van der Waals surface area contributed by atoms with Gasteiger partial charge in [-0.15, -0.1) is 11.8 Å². The number of amides is 1. The van der Waals surface area contributed by atoms with E-state index in [0.717, 1.165) is 27.3 Å². The van der Waals surface area contributed by atoms with Crippen LogP contribution in [0.15, 0.2) is 82.1 Å². The normalized spacial score (nSPS) is 10.9. The Morgan fingerprint density at radius 1 is 1.04 bits per heavy atom. The lowest BCUT2D eigenvalue weighted by Crippen LogP contribution is -2.11. The number of hydrogen-bond acceptors (Lipinski definition) is 4. The number of carbonyl (C=O) groups is 1. The second-order valence-corrected chi connectivity index (χ2v) is 7.32. The zero-order valence-electron chi connectivity index (χ0n) is 14.8. The number of hydrogen-bond donors (Lipinski definition) is 1. The Hall–Kier alpha value is -3.05. The molecule has 0 fully saturated rings. The lowest BCUT2D eigenvalue weighted by atomic mass is 10.1. The molecule has 1 aromatic heterocycles. The van der Waals surface area contributed by atoms with E-state index in [1.54, 1.807) is 11.8 Å². The average Bonchev–Trinajstić information content (AvgIpc) is 3.13. The molecule has 1 heterocycles. The molecule has 5 heteroatoms. The van der Waals surface area contributed by atoms with Crippen LogP contribution in [0.2, 0.25) is 0 Å². The molecule has 0 unspecified atom stereocenters. The first-order valence-electron chi connectivity index (χ1n) is 8.73. The number of anilines is 1. The van der Waals surface area contributed by atoms with Crippen LogP contribution in [0.25, 0.3) is 22.6 Å². The summed E-state index contributed by atoms with van der Waals surface area (Å²) < 4.78 is 5.81. The molecule has 4 rings (SSSR count). The Morgan fingerprint density at radius 3 is 2.74 bits per heavy atom. The van der Waals surface area contributed by atoms with Crippen LogP contribution in [0.3, 0.4) is 0 Å². The summed E-state index contributed by atoms with van der Waals surface area (Å²) in [5.74, 6) is 1.37. The van der Waals surface area contributed by atoms with Crippen LogP contribution in [0.4, 0.5) is 5.69 Å². The molecule has 1 amide bonds. The van der Waals surface area contributed by atoms with Crippen LogP contribution < -0.4 is 5.32 Å². The van der Waals surface area contributed by atoms with E-state index >= 15 is 0 Å². The average molecular weight is 374 g/mol. The highest BCUT2D eigenvalue weighted by Crippen LogP contribution is 2.26. The summed E-state index contributed by atoms with van der Waals surface area (Å²) in [5.41, 5.74) is 3.72. The van der Waals surface area contributed by atoms with Crippen molar-refractivity contribution in [2.24, 2.45) is 0 Å². The van der Waals surface area contributed by atoms with Crippen LogP contribution in [0, 0.1) is 0 Å². The Balaban J connectivity index is 1.57. The summed E-state index contributed by atoms with van der Waals surface area (Å²) in [5, 5.41) is 2.95. The van der Waals surface area contributed by atoms with Crippen LogP contribution >= 0.6 is 11.8 Å². The molecule has 0 spiro atoms. The molecule has 3 aromatic carbocycles. The van der Waals surface area contributed by atoms with Gasteiger partial charge in [0, 0.05) is 21.7 Å². The van der Waals surface area contributed by atoms with E-state index in [-0.39, 0.29) is 5.91 Å². The molecule has 0 radical (unpaired) electrons. The van der Waals surface area contributed by atoms with Gasteiger partial charge in [-0.05, 0) is 54.3 Å². The highest BCUT2D eigenvalue weighted by molar-refractivity contribution is 7.99. The molecule has 0 saturated carbocycles. The minimum atomic E-state index is -0.136. The molecule has 1 N–H and O–H groups in total. The van der Waals surface area contributed by atoms with Crippen molar-refractivity contribution in [3.05, 3.63) is 78.4 Å². The number of nitrogens with zero attached hydrogens (tertiary/aromatic N) is 1. The summed E-state index contributed by atoms with van der Waals surface area (Å²) in [6.45, 7) is 2.09. The zero-order valence-corrected chi connectivity index (χ0v) is 15.6. The van der Waals surface area contributed by atoms with Gasteiger partial charge >= 0.3 is 0 Å². The van der Waals surface area contributed by atoms with Gasteiger partial charge in [0.25, 0.3) is 5.91 Å². The number of nitrogens with one attached hydrogen (secondary N) is 1. The number of rotatable bonds is 5. The highest BCUT2D eigenvalue weighted by atomic mass is 32.2. The molecule has 0 aliphatic heterocycles. The predicted octanol–water partition coefficient (Wildman–Crippen LogP) is 5.86. The van der Waals surface area contributed by atoms with Crippen molar-refractivity contribution in [3.63, 3.8) is 0 Å². The van der Waals surface area contributed by atoms with E-state index in [1.165, 1.54) is 0 Å². The minimum absolute atomic E-state index is 0.136. The van der Waals surface area contributed by atoms with Crippen LogP contribution in [-0.4, -0.2) is 16.6 Å². The molecule has 0 aliphatic rings. The number of aromatic nitrogens is 1. The summed E-state index contributed by atoms with van der Waals surface area (Å²) in [6.07, 6.45) is 0. The molecule has 0 bridgehead atoms. The topological polar surface area (TPSA) is 55.1 Å². The van der Waals surface area contributed by atoms with Crippen molar-refractivity contribution in [1.29, 1.82) is 0 Å². The number of thioether (sulfide) groups is 1. The van der Waals surface area contributed by atoms with Crippen molar-refractivity contribution >= 4 is 34.5 Å². The van der Waals surface area contributed by atoms with E-state index in [0.29, 0.717) is 17.1 Å². The van der Waals surface area contributed by atoms with E-state index in [2.05, 4.69) is 17.2 Å². The second kappa shape index (κ2) is 7.68. The molecule has 4 nitrogen and oxygen atoms in total. The Bertz CT molecular complexity index is 1070. The Labute approximate surface area is 161 Å². The van der Waals surface area contributed by atoms with Gasteiger partial charge in [0.1, 0.15) is 5.52 Å². The maximum absolute atomic E-state index is 12.6. The molecule has 4 aromatic rings. The van der Waals surface area contributed by atoms with Crippen molar-refractivity contribution in [1.82, 2.24) is 4.98 Å². The molecular formula is C22H18N2O2S. The number of oxazole rings is 1. The zero-order chi connectivity index (χ0) is 18.6. The maximum Gasteiger partial charge on any atom is 0.255 e. The molecular weight excluding hydrogens is 356 g/mol. The van der Waals surface area contributed by atoms with Gasteiger partial charge in [-0.2, -0.15) is 0 Å².